The van der Waals surface area contributed by atoms with Gasteiger partial charge in [-0.3, -0.25) is 0 Å². The molecule has 1 aliphatic rings. The van der Waals surface area contributed by atoms with Crippen molar-refractivity contribution in [3.63, 3.8) is 0 Å². The third kappa shape index (κ3) is 1.77. The van der Waals surface area contributed by atoms with E-state index in [2.05, 4.69) is 26.2 Å². The van der Waals surface area contributed by atoms with Gasteiger partial charge in [-0.25, -0.2) is 0 Å². The molecule has 1 aromatic carbocycles. The van der Waals surface area contributed by atoms with Crippen molar-refractivity contribution in [1.82, 2.24) is 0 Å². The Morgan fingerprint density at radius 1 is 1.12 bits per heavy atom. The maximum absolute atomic E-state index is 12.6. The van der Waals surface area contributed by atoms with Gasteiger partial charge in [-0.05, 0) is 16.6 Å². The van der Waals surface area contributed by atoms with Gasteiger partial charge in [-0.2, -0.15) is 13.2 Å². The SMILES string of the molecule is FC(F)(F)C1(c2ccc(/C=C/Br)cc2)N=N1. The van der Waals surface area contributed by atoms with Crippen LogP contribution >= 0.6 is 15.9 Å². The van der Waals surface area contributed by atoms with Gasteiger partial charge in [0.25, 0.3) is 0 Å². The number of hydrogen-bond donors (Lipinski definition) is 0. The van der Waals surface area contributed by atoms with Gasteiger partial charge in [0, 0.05) is 5.56 Å². The van der Waals surface area contributed by atoms with E-state index in [4.69, 9.17) is 0 Å². The zero-order valence-electron chi connectivity index (χ0n) is 7.87. The number of hydrogen-bond acceptors (Lipinski definition) is 2. The number of halogens is 4. The standard InChI is InChI=1S/C10H6BrF3N2/c11-6-5-7-1-3-8(4-2-7)9(15-16-9)10(12,13)14/h1-6H/b6-5+. The number of nitrogens with zero attached hydrogens (tertiary/aromatic N) is 2. The first-order valence-electron chi connectivity index (χ1n) is 4.38. The molecular weight excluding hydrogens is 285 g/mol. The smallest absolute Gasteiger partial charge is 0.166 e. The van der Waals surface area contributed by atoms with Crippen LogP contribution in [0.5, 0.6) is 0 Å². The lowest BCUT2D eigenvalue weighted by molar-refractivity contribution is -0.166. The van der Waals surface area contributed by atoms with Gasteiger partial charge in [0.05, 0.1) is 0 Å². The first-order chi connectivity index (χ1) is 7.49. The zero-order chi connectivity index (χ0) is 11.8. The molecular formula is C10H6BrF3N2. The fourth-order valence-corrected chi connectivity index (χ4v) is 1.65. The predicted octanol–water partition coefficient (Wildman–Crippen LogP) is 4.23. The van der Waals surface area contributed by atoms with Crippen molar-refractivity contribution in [3.05, 3.63) is 40.4 Å². The van der Waals surface area contributed by atoms with E-state index in [1.54, 1.807) is 23.2 Å². The summed E-state index contributed by atoms with van der Waals surface area (Å²) < 4.78 is 37.9. The van der Waals surface area contributed by atoms with Gasteiger partial charge in [-0.15, -0.1) is 10.2 Å². The number of alkyl halides is 3. The van der Waals surface area contributed by atoms with Crippen LogP contribution in [0.1, 0.15) is 11.1 Å². The van der Waals surface area contributed by atoms with Crippen LogP contribution in [0.25, 0.3) is 6.08 Å². The fourth-order valence-electron chi connectivity index (χ4n) is 1.34. The van der Waals surface area contributed by atoms with E-state index in [9.17, 15) is 13.2 Å². The summed E-state index contributed by atoms with van der Waals surface area (Å²) >= 11 is 3.09. The number of rotatable bonds is 2. The average molecular weight is 291 g/mol. The highest BCUT2D eigenvalue weighted by Crippen LogP contribution is 2.52. The summed E-state index contributed by atoms with van der Waals surface area (Å²) in [5.74, 6) is 0. The molecule has 6 heteroatoms. The summed E-state index contributed by atoms with van der Waals surface area (Å²) in [6.45, 7) is 0. The molecule has 2 rings (SSSR count). The van der Waals surface area contributed by atoms with E-state index >= 15 is 0 Å². The Kier molecular flexibility index (Phi) is 2.61. The van der Waals surface area contributed by atoms with Crippen molar-refractivity contribution in [2.45, 2.75) is 11.8 Å². The average Bonchev–Trinajstić information content (AvgIpc) is 2.99. The minimum absolute atomic E-state index is 0.0479. The minimum atomic E-state index is -4.46. The topological polar surface area (TPSA) is 24.7 Å². The molecule has 0 unspecified atom stereocenters. The van der Waals surface area contributed by atoms with Crippen LogP contribution in [-0.2, 0) is 5.66 Å². The Morgan fingerprint density at radius 3 is 2.06 bits per heavy atom. The van der Waals surface area contributed by atoms with E-state index in [0.29, 0.717) is 0 Å². The van der Waals surface area contributed by atoms with Gasteiger partial charge >= 0.3 is 11.8 Å². The first kappa shape index (κ1) is 11.3. The Balaban J connectivity index is 2.29. The molecule has 0 N–H and O–H groups in total. The van der Waals surface area contributed by atoms with Crippen LogP contribution < -0.4 is 0 Å². The van der Waals surface area contributed by atoms with Crippen molar-refractivity contribution in [2.24, 2.45) is 10.2 Å². The van der Waals surface area contributed by atoms with Crippen molar-refractivity contribution >= 4 is 22.0 Å². The molecule has 0 aromatic heterocycles. The second-order valence-electron chi connectivity index (χ2n) is 3.28. The van der Waals surface area contributed by atoms with Crippen molar-refractivity contribution in [2.75, 3.05) is 0 Å². The number of benzene rings is 1. The second kappa shape index (κ2) is 3.69. The summed E-state index contributed by atoms with van der Waals surface area (Å²) in [6.07, 6.45) is -2.73. The Labute approximate surface area is 98.0 Å². The van der Waals surface area contributed by atoms with Crippen molar-refractivity contribution < 1.29 is 13.2 Å². The molecule has 0 aliphatic carbocycles. The third-order valence-corrected chi connectivity index (χ3v) is 2.53. The quantitative estimate of drug-likeness (QED) is 0.779. The Morgan fingerprint density at radius 2 is 1.69 bits per heavy atom. The maximum atomic E-state index is 12.6. The predicted molar refractivity (Wildman–Crippen MR) is 57.0 cm³/mol. The molecule has 0 saturated heterocycles. The molecule has 16 heavy (non-hydrogen) atoms. The Hall–Kier alpha value is -1.17. The molecule has 84 valence electrons. The van der Waals surface area contributed by atoms with Crippen molar-refractivity contribution in [1.29, 1.82) is 0 Å². The minimum Gasteiger partial charge on any atom is -0.166 e. The van der Waals surface area contributed by atoms with Crippen LogP contribution in [-0.4, -0.2) is 6.18 Å². The molecule has 0 amide bonds. The van der Waals surface area contributed by atoms with Gasteiger partial charge in [-0.1, -0.05) is 40.2 Å². The zero-order valence-corrected chi connectivity index (χ0v) is 9.46. The van der Waals surface area contributed by atoms with Crippen LogP contribution in [0.4, 0.5) is 13.2 Å². The monoisotopic (exact) mass is 290 g/mol. The molecule has 1 aromatic rings. The fraction of sp³-hybridized carbons (Fsp3) is 0.200. The molecule has 0 radical (unpaired) electrons. The van der Waals surface area contributed by atoms with Gasteiger partial charge in [0.15, 0.2) is 0 Å². The molecule has 1 aliphatic heterocycles. The Bertz CT molecular complexity index is 442. The van der Waals surface area contributed by atoms with E-state index in [0.717, 1.165) is 5.56 Å². The largest absolute Gasteiger partial charge is 0.442 e. The highest BCUT2D eigenvalue weighted by molar-refractivity contribution is 9.11. The van der Waals surface area contributed by atoms with E-state index < -0.39 is 11.8 Å². The molecule has 0 atom stereocenters. The van der Waals surface area contributed by atoms with Gasteiger partial charge in [0.1, 0.15) is 0 Å². The third-order valence-electron chi connectivity index (χ3n) is 2.26. The highest BCUT2D eigenvalue weighted by Gasteiger charge is 2.65. The summed E-state index contributed by atoms with van der Waals surface area (Å²) in [7, 11) is 0. The van der Waals surface area contributed by atoms with Gasteiger partial charge in [0.2, 0.25) is 0 Å². The molecule has 0 bridgehead atoms. The summed E-state index contributed by atoms with van der Waals surface area (Å²) in [5, 5.41) is 6.25. The second-order valence-corrected chi connectivity index (χ2v) is 3.81. The first-order valence-corrected chi connectivity index (χ1v) is 5.29. The summed E-state index contributed by atoms with van der Waals surface area (Å²) in [5.41, 5.74) is -1.46. The van der Waals surface area contributed by atoms with Crippen LogP contribution in [0.15, 0.2) is 39.5 Å². The van der Waals surface area contributed by atoms with Crippen LogP contribution in [0.3, 0.4) is 0 Å². The normalized spacial score (nSPS) is 18.0. The van der Waals surface area contributed by atoms with E-state index in [-0.39, 0.29) is 5.56 Å². The molecule has 0 spiro atoms. The molecule has 1 heterocycles. The lowest BCUT2D eigenvalue weighted by Gasteiger charge is -2.14. The molecule has 0 saturated carbocycles. The lowest BCUT2D eigenvalue weighted by Crippen LogP contribution is -2.29. The van der Waals surface area contributed by atoms with E-state index in [1.807, 2.05) is 0 Å². The van der Waals surface area contributed by atoms with Crippen molar-refractivity contribution in [3.8, 4) is 0 Å². The maximum Gasteiger partial charge on any atom is 0.442 e. The summed E-state index contributed by atoms with van der Waals surface area (Å²) in [4.78, 5) is 1.63. The van der Waals surface area contributed by atoms with E-state index in [1.165, 1.54) is 12.1 Å². The molecule has 0 fully saturated rings. The lowest BCUT2D eigenvalue weighted by atomic mass is 10.0. The van der Waals surface area contributed by atoms with Gasteiger partial charge < -0.3 is 0 Å². The van der Waals surface area contributed by atoms with Crippen LogP contribution in [0, 0.1) is 0 Å². The van der Waals surface area contributed by atoms with Crippen LogP contribution in [0.2, 0.25) is 0 Å². The summed E-state index contributed by atoms with van der Waals surface area (Å²) in [6, 6.07) is 5.94. The molecule has 2 nitrogen and oxygen atoms in total. The highest BCUT2D eigenvalue weighted by atomic mass is 79.9.